The van der Waals surface area contributed by atoms with E-state index in [-0.39, 0.29) is 0 Å². The molecule has 0 saturated heterocycles. The van der Waals surface area contributed by atoms with Gasteiger partial charge in [-0.3, -0.25) is 4.79 Å². The molecule has 4 heteroatoms. The summed E-state index contributed by atoms with van der Waals surface area (Å²) in [7, 11) is 1.58. The standard InChI is InChI=1S/C12H15IO3/c1-3-4-5-16-12-9(8-14)6-10(15-2)7-11(12)13/h6-8H,3-5H2,1-2H3. The van der Waals surface area contributed by atoms with E-state index in [1.165, 1.54) is 0 Å². The fourth-order valence-corrected chi connectivity index (χ4v) is 2.04. The molecule has 0 atom stereocenters. The van der Waals surface area contributed by atoms with Crippen molar-refractivity contribution in [1.29, 1.82) is 0 Å². The van der Waals surface area contributed by atoms with Crippen LogP contribution in [0.5, 0.6) is 11.5 Å². The van der Waals surface area contributed by atoms with Crippen LogP contribution in [-0.2, 0) is 0 Å². The van der Waals surface area contributed by atoms with Gasteiger partial charge in [0.05, 0.1) is 22.9 Å². The zero-order valence-electron chi connectivity index (χ0n) is 9.46. The maximum absolute atomic E-state index is 10.9. The Bertz CT molecular complexity index is 364. The quantitative estimate of drug-likeness (QED) is 0.455. The molecule has 16 heavy (non-hydrogen) atoms. The average molecular weight is 334 g/mol. The van der Waals surface area contributed by atoms with Crippen LogP contribution in [0.3, 0.4) is 0 Å². The second kappa shape index (κ2) is 6.73. The molecule has 0 aliphatic rings. The van der Waals surface area contributed by atoms with Gasteiger partial charge in [-0.05, 0) is 41.1 Å². The number of benzene rings is 1. The number of rotatable bonds is 6. The van der Waals surface area contributed by atoms with Gasteiger partial charge in [0.1, 0.15) is 11.5 Å². The van der Waals surface area contributed by atoms with Crippen molar-refractivity contribution in [2.45, 2.75) is 19.8 Å². The van der Waals surface area contributed by atoms with Crippen molar-refractivity contribution in [3.63, 3.8) is 0 Å². The summed E-state index contributed by atoms with van der Waals surface area (Å²) in [5, 5.41) is 0. The second-order valence-electron chi connectivity index (χ2n) is 3.35. The number of halogens is 1. The molecular formula is C12H15IO3. The third-order valence-corrected chi connectivity index (χ3v) is 2.95. The molecule has 0 aromatic heterocycles. The first-order valence-corrected chi connectivity index (χ1v) is 6.26. The van der Waals surface area contributed by atoms with Gasteiger partial charge in [-0.2, -0.15) is 0 Å². The molecule has 0 amide bonds. The molecule has 0 saturated carbocycles. The van der Waals surface area contributed by atoms with Gasteiger partial charge in [0.25, 0.3) is 0 Å². The predicted octanol–water partition coefficient (Wildman–Crippen LogP) is 3.29. The fourth-order valence-electron chi connectivity index (χ4n) is 1.27. The summed E-state index contributed by atoms with van der Waals surface area (Å²) < 4.78 is 11.6. The monoisotopic (exact) mass is 334 g/mol. The normalized spacial score (nSPS) is 9.94. The lowest BCUT2D eigenvalue weighted by molar-refractivity contribution is 0.111. The minimum Gasteiger partial charge on any atom is -0.497 e. The van der Waals surface area contributed by atoms with Crippen LogP contribution in [0.25, 0.3) is 0 Å². The van der Waals surface area contributed by atoms with E-state index >= 15 is 0 Å². The Morgan fingerprint density at radius 2 is 2.19 bits per heavy atom. The number of carbonyl (C=O) groups excluding carboxylic acids is 1. The molecular weight excluding hydrogens is 319 g/mol. The lowest BCUT2D eigenvalue weighted by Crippen LogP contribution is -2.02. The number of unbranched alkanes of at least 4 members (excludes halogenated alkanes) is 1. The van der Waals surface area contributed by atoms with Crippen LogP contribution in [0, 0.1) is 3.57 Å². The van der Waals surface area contributed by atoms with Gasteiger partial charge in [-0.1, -0.05) is 13.3 Å². The number of aldehydes is 1. The van der Waals surface area contributed by atoms with E-state index in [2.05, 4.69) is 29.5 Å². The SMILES string of the molecule is CCCCOc1c(I)cc(OC)cc1C=O. The highest BCUT2D eigenvalue weighted by Gasteiger charge is 2.10. The first-order chi connectivity index (χ1) is 7.72. The van der Waals surface area contributed by atoms with Gasteiger partial charge in [-0.15, -0.1) is 0 Å². The lowest BCUT2D eigenvalue weighted by Gasteiger charge is -2.11. The third kappa shape index (κ3) is 3.37. The molecule has 3 nitrogen and oxygen atoms in total. The molecule has 0 aliphatic heterocycles. The maximum atomic E-state index is 10.9. The minimum atomic E-state index is 0.542. The molecule has 0 spiro atoms. The first kappa shape index (κ1) is 13.3. The molecule has 1 rings (SSSR count). The maximum Gasteiger partial charge on any atom is 0.153 e. The van der Waals surface area contributed by atoms with E-state index in [0.29, 0.717) is 23.7 Å². The van der Waals surface area contributed by atoms with Gasteiger partial charge in [0.15, 0.2) is 6.29 Å². The highest BCUT2D eigenvalue weighted by atomic mass is 127. The van der Waals surface area contributed by atoms with Gasteiger partial charge < -0.3 is 9.47 Å². The molecule has 1 aromatic carbocycles. The third-order valence-electron chi connectivity index (χ3n) is 2.15. The van der Waals surface area contributed by atoms with E-state index in [1.54, 1.807) is 13.2 Å². The van der Waals surface area contributed by atoms with E-state index in [4.69, 9.17) is 9.47 Å². The summed E-state index contributed by atoms with van der Waals surface area (Å²) >= 11 is 2.15. The number of hydrogen-bond donors (Lipinski definition) is 0. The Labute approximate surface area is 109 Å². The highest BCUT2D eigenvalue weighted by Crippen LogP contribution is 2.29. The largest absolute Gasteiger partial charge is 0.497 e. The van der Waals surface area contributed by atoms with Gasteiger partial charge >= 0.3 is 0 Å². The number of carbonyl (C=O) groups is 1. The predicted molar refractivity (Wildman–Crippen MR) is 71.5 cm³/mol. The molecule has 0 fully saturated rings. The van der Waals surface area contributed by atoms with Gasteiger partial charge in [0.2, 0.25) is 0 Å². The topological polar surface area (TPSA) is 35.5 Å². The van der Waals surface area contributed by atoms with Gasteiger partial charge in [0, 0.05) is 0 Å². The summed E-state index contributed by atoms with van der Waals surface area (Å²) in [5.41, 5.74) is 0.542. The Hall–Kier alpha value is -0.780. The summed E-state index contributed by atoms with van der Waals surface area (Å²) in [4.78, 5) is 10.9. The Balaban J connectivity index is 2.92. The van der Waals surface area contributed by atoms with Crippen molar-refractivity contribution in [2.75, 3.05) is 13.7 Å². The van der Waals surface area contributed by atoms with Crippen LogP contribution in [0.15, 0.2) is 12.1 Å². The summed E-state index contributed by atoms with van der Waals surface area (Å²) in [6, 6.07) is 3.55. The smallest absolute Gasteiger partial charge is 0.153 e. The molecule has 0 radical (unpaired) electrons. The minimum absolute atomic E-state index is 0.542. The van der Waals surface area contributed by atoms with Crippen LogP contribution < -0.4 is 9.47 Å². The van der Waals surface area contributed by atoms with Crippen molar-refractivity contribution in [3.8, 4) is 11.5 Å². The van der Waals surface area contributed by atoms with E-state index in [0.717, 1.165) is 22.7 Å². The summed E-state index contributed by atoms with van der Waals surface area (Å²) in [6.07, 6.45) is 2.86. The molecule has 1 aromatic rings. The van der Waals surface area contributed by atoms with E-state index < -0.39 is 0 Å². The summed E-state index contributed by atoms with van der Waals surface area (Å²) in [5.74, 6) is 1.33. The van der Waals surface area contributed by atoms with Crippen LogP contribution in [0.2, 0.25) is 0 Å². The first-order valence-electron chi connectivity index (χ1n) is 5.18. The Kier molecular flexibility index (Phi) is 5.59. The lowest BCUT2D eigenvalue weighted by atomic mass is 10.2. The fraction of sp³-hybridized carbons (Fsp3) is 0.417. The molecule has 0 unspecified atom stereocenters. The molecule has 88 valence electrons. The number of ether oxygens (including phenoxy) is 2. The van der Waals surface area contributed by atoms with E-state index in [9.17, 15) is 4.79 Å². The zero-order chi connectivity index (χ0) is 12.0. The second-order valence-corrected chi connectivity index (χ2v) is 4.51. The van der Waals surface area contributed by atoms with Crippen LogP contribution in [0.4, 0.5) is 0 Å². The number of hydrogen-bond acceptors (Lipinski definition) is 3. The molecule has 0 aliphatic carbocycles. The van der Waals surface area contributed by atoms with Gasteiger partial charge in [-0.25, -0.2) is 0 Å². The van der Waals surface area contributed by atoms with Crippen molar-refractivity contribution < 1.29 is 14.3 Å². The van der Waals surface area contributed by atoms with Crippen molar-refractivity contribution >= 4 is 28.9 Å². The van der Waals surface area contributed by atoms with Crippen molar-refractivity contribution in [3.05, 3.63) is 21.3 Å². The molecule has 0 bridgehead atoms. The van der Waals surface area contributed by atoms with Crippen molar-refractivity contribution in [2.24, 2.45) is 0 Å². The molecule has 0 heterocycles. The highest BCUT2D eigenvalue weighted by molar-refractivity contribution is 14.1. The zero-order valence-corrected chi connectivity index (χ0v) is 11.6. The number of methoxy groups -OCH3 is 1. The summed E-state index contributed by atoms with van der Waals surface area (Å²) in [6.45, 7) is 2.74. The van der Waals surface area contributed by atoms with Crippen LogP contribution >= 0.6 is 22.6 Å². The van der Waals surface area contributed by atoms with Crippen LogP contribution in [0.1, 0.15) is 30.1 Å². The van der Waals surface area contributed by atoms with Crippen molar-refractivity contribution in [1.82, 2.24) is 0 Å². The van der Waals surface area contributed by atoms with Crippen LogP contribution in [-0.4, -0.2) is 20.0 Å². The Morgan fingerprint density at radius 1 is 1.44 bits per heavy atom. The Morgan fingerprint density at radius 3 is 2.75 bits per heavy atom. The average Bonchev–Trinajstić information content (AvgIpc) is 2.30. The molecule has 0 N–H and O–H groups in total. The van der Waals surface area contributed by atoms with E-state index in [1.807, 2.05) is 6.07 Å².